The summed E-state index contributed by atoms with van der Waals surface area (Å²) in [5.74, 6) is -0.815. The fourth-order valence-electron chi connectivity index (χ4n) is 0.0781. The van der Waals surface area contributed by atoms with E-state index in [-0.39, 0.29) is 18.2 Å². The Morgan fingerprint density at radius 2 is 2.25 bits per heavy atom. The first-order chi connectivity index (χ1) is 3.18. The molecule has 0 aliphatic heterocycles. The third kappa shape index (κ3) is 4.23. The molecule has 0 saturated carbocycles. The lowest BCUT2D eigenvalue weighted by Crippen LogP contribution is -3.00. The van der Waals surface area contributed by atoms with Crippen molar-refractivity contribution >= 4 is 18.6 Å². The van der Waals surface area contributed by atoms with Crippen LogP contribution in [0.3, 0.4) is 0 Å². The number of hydrogen-bond donors (Lipinski definition) is 3. The third-order valence-corrected chi connectivity index (χ3v) is 0.907. The van der Waals surface area contributed by atoms with Gasteiger partial charge in [-0.05, 0) is 0 Å². The number of carbonyl (C=O) groups is 1. The monoisotopic (exact) mass is 156 g/mol. The van der Waals surface area contributed by atoms with Crippen molar-refractivity contribution in [3.8, 4) is 0 Å². The lowest BCUT2D eigenvalue weighted by atomic mass is 10.4. The van der Waals surface area contributed by atoms with Crippen molar-refractivity contribution in [2.24, 2.45) is 5.73 Å². The molecule has 0 amide bonds. The predicted octanol–water partition coefficient (Wildman–Crippen LogP) is -3.67. The molecule has 8 heavy (non-hydrogen) atoms. The molecule has 1 atom stereocenters. The van der Waals surface area contributed by atoms with Crippen LogP contribution >= 0.6 is 12.6 Å². The molecule has 0 aromatic rings. The fraction of sp³-hybridized carbons (Fsp3) is 0.667. The number of thiol groups is 1. The predicted molar refractivity (Wildman–Crippen MR) is 29.5 cm³/mol. The molecule has 0 aliphatic carbocycles. The van der Waals surface area contributed by atoms with Crippen LogP contribution in [0, 0.1) is 0 Å². The summed E-state index contributed by atoms with van der Waals surface area (Å²) in [4.78, 5) is 9.76. The first kappa shape index (κ1) is 10.9. The summed E-state index contributed by atoms with van der Waals surface area (Å²) in [6, 6.07) is -0.816. The molecule has 50 valence electrons. The van der Waals surface area contributed by atoms with E-state index in [1.165, 1.54) is 0 Å². The summed E-state index contributed by atoms with van der Waals surface area (Å²) in [6.45, 7) is 0. The highest BCUT2D eigenvalue weighted by molar-refractivity contribution is 7.80. The smallest absolute Gasteiger partial charge is 0.321 e. The second-order valence-corrected chi connectivity index (χ2v) is 1.49. The van der Waals surface area contributed by atoms with Crippen LogP contribution in [0.2, 0.25) is 0 Å². The molecule has 0 rings (SSSR count). The lowest BCUT2D eigenvalue weighted by Gasteiger charge is -1.96. The normalized spacial score (nSPS) is 11.8. The number of hydrogen-bond acceptors (Lipinski definition) is 3. The Labute approximate surface area is 59.1 Å². The van der Waals surface area contributed by atoms with Crippen molar-refractivity contribution in [2.45, 2.75) is 6.04 Å². The zero-order valence-electron chi connectivity index (χ0n) is 4.04. The molecule has 0 aliphatic rings. The van der Waals surface area contributed by atoms with Gasteiger partial charge < -0.3 is 23.2 Å². The zero-order chi connectivity index (χ0) is 5.86. The molecule has 0 fully saturated rings. The quantitative estimate of drug-likeness (QED) is 0.361. The van der Waals surface area contributed by atoms with Crippen molar-refractivity contribution in [2.75, 3.05) is 5.75 Å². The Bertz CT molecular complexity index is 79.7. The van der Waals surface area contributed by atoms with Gasteiger partial charge in [-0.2, -0.15) is 12.6 Å². The minimum Gasteiger partial charge on any atom is -1.00 e. The SMILES string of the molecule is N[C@@H](CS)C(=O)O.[Cl-]. The Morgan fingerprint density at radius 3 is 2.25 bits per heavy atom. The molecule has 5 heteroatoms. The van der Waals surface area contributed by atoms with Gasteiger partial charge in [0, 0.05) is 5.75 Å². The number of aliphatic carboxylic acids is 1. The minimum absolute atomic E-state index is 0. The molecule has 0 radical (unpaired) electrons. The lowest BCUT2D eigenvalue weighted by molar-refractivity contribution is -0.137. The molecular weight excluding hydrogens is 150 g/mol. The largest absolute Gasteiger partial charge is 1.00 e. The van der Waals surface area contributed by atoms with E-state index in [2.05, 4.69) is 12.6 Å². The molecular formula is C3H7ClNO2S-. The van der Waals surface area contributed by atoms with Crippen molar-refractivity contribution in [3.05, 3.63) is 0 Å². The van der Waals surface area contributed by atoms with E-state index in [4.69, 9.17) is 10.8 Å². The number of rotatable bonds is 2. The van der Waals surface area contributed by atoms with E-state index < -0.39 is 12.0 Å². The summed E-state index contributed by atoms with van der Waals surface area (Å²) >= 11 is 3.65. The van der Waals surface area contributed by atoms with E-state index in [1.807, 2.05) is 0 Å². The average Bonchev–Trinajstić information content (AvgIpc) is 1.65. The first-order valence-corrected chi connectivity index (χ1v) is 2.41. The maximum Gasteiger partial charge on any atom is 0.321 e. The molecule has 0 bridgehead atoms. The Kier molecular flexibility index (Phi) is 7.13. The van der Waals surface area contributed by atoms with Gasteiger partial charge in [-0.1, -0.05) is 0 Å². The maximum atomic E-state index is 9.76. The highest BCUT2D eigenvalue weighted by Crippen LogP contribution is 1.80. The number of carboxylic acids is 1. The van der Waals surface area contributed by atoms with Gasteiger partial charge in [0.25, 0.3) is 0 Å². The molecule has 0 saturated heterocycles. The van der Waals surface area contributed by atoms with Crippen LogP contribution in [0.15, 0.2) is 0 Å². The summed E-state index contributed by atoms with van der Waals surface area (Å²) in [6.07, 6.45) is 0. The van der Waals surface area contributed by atoms with Gasteiger partial charge in [-0.25, -0.2) is 0 Å². The summed E-state index contributed by atoms with van der Waals surface area (Å²) in [7, 11) is 0. The van der Waals surface area contributed by atoms with Crippen LogP contribution in [-0.4, -0.2) is 22.9 Å². The molecule has 0 aromatic carbocycles. The van der Waals surface area contributed by atoms with E-state index in [1.54, 1.807) is 0 Å². The van der Waals surface area contributed by atoms with Crippen LogP contribution < -0.4 is 18.1 Å². The van der Waals surface area contributed by atoms with Crippen LogP contribution in [-0.2, 0) is 4.79 Å². The van der Waals surface area contributed by atoms with Crippen molar-refractivity contribution < 1.29 is 22.3 Å². The molecule has 0 unspecified atom stereocenters. The maximum absolute atomic E-state index is 9.76. The van der Waals surface area contributed by atoms with Gasteiger partial charge >= 0.3 is 5.97 Å². The fourth-order valence-corrected chi connectivity index (χ4v) is 0.234. The van der Waals surface area contributed by atoms with Crippen LogP contribution in [0.4, 0.5) is 0 Å². The van der Waals surface area contributed by atoms with Crippen LogP contribution in [0.5, 0.6) is 0 Å². The van der Waals surface area contributed by atoms with Crippen LogP contribution in [0.25, 0.3) is 0 Å². The topological polar surface area (TPSA) is 63.3 Å². The summed E-state index contributed by atoms with van der Waals surface area (Å²) in [5, 5.41) is 8.01. The van der Waals surface area contributed by atoms with E-state index in [9.17, 15) is 4.79 Å². The third-order valence-electron chi connectivity index (χ3n) is 0.514. The zero-order valence-corrected chi connectivity index (χ0v) is 5.69. The Balaban J connectivity index is 0. The molecule has 0 heterocycles. The summed E-state index contributed by atoms with van der Waals surface area (Å²) < 4.78 is 0. The van der Waals surface area contributed by atoms with Crippen molar-refractivity contribution in [3.63, 3.8) is 0 Å². The summed E-state index contributed by atoms with van der Waals surface area (Å²) in [5.41, 5.74) is 4.94. The van der Waals surface area contributed by atoms with Gasteiger partial charge in [0.2, 0.25) is 0 Å². The van der Waals surface area contributed by atoms with Crippen molar-refractivity contribution in [1.29, 1.82) is 0 Å². The van der Waals surface area contributed by atoms with Gasteiger partial charge in [-0.15, -0.1) is 0 Å². The highest BCUT2D eigenvalue weighted by atomic mass is 35.5. The van der Waals surface area contributed by atoms with Crippen molar-refractivity contribution in [1.82, 2.24) is 0 Å². The average molecular weight is 157 g/mol. The Morgan fingerprint density at radius 1 is 1.88 bits per heavy atom. The number of halogens is 1. The Hall–Kier alpha value is 0.0700. The molecule has 0 spiro atoms. The van der Waals surface area contributed by atoms with Gasteiger partial charge in [0.15, 0.2) is 0 Å². The first-order valence-electron chi connectivity index (χ1n) is 1.77. The molecule has 3 nitrogen and oxygen atoms in total. The molecule has 0 aromatic heterocycles. The van der Waals surface area contributed by atoms with E-state index >= 15 is 0 Å². The molecule has 3 N–H and O–H groups in total. The highest BCUT2D eigenvalue weighted by Gasteiger charge is 2.06. The second kappa shape index (κ2) is 5.21. The standard InChI is InChI=1S/C3H7NO2S.ClH/c4-2(1-7)3(5)6;/h2,7H,1,4H2,(H,5,6);1H/p-1/t2-;/m0./s1. The number of carboxylic acid groups (broad SMARTS) is 1. The second-order valence-electron chi connectivity index (χ2n) is 1.13. The van der Waals surface area contributed by atoms with Gasteiger partial charge in [0.1, 0.15) is 6.04 Å². The number of nitrogens with two attached hydrogens (primary N) is 1. The van der Waals surface area contributed by atoms with Crippen LogP contribution in [0.1, 0.15) is 0 Å². The van der Waals surface area contributed by atoms with Gasteiger partial charge in [0.05, 0.1) is 0 Å². The van der Waals surface area contributed by atoms with E-state index in [0.29, 0.717) is 0 Å². The minimum atomic E-state index is -1.00. The van der Waals surface area contributed by atoms with Gasteiger partial charge in [-0.3, -0.25) is 4.79 Å². The van der Waals surface area contributed by atoms with E-state index in [0.717, 1.165) is 0 Å².